The normalized spacial score (nSPS) is 47.0. The Bertz CT molecular complexity index is 166. The minimum Gasteiger partial charge on any atom is -0.389 e. The summed E-state index contributed by atoms with van der Waals surface area (Å²) in [6.45, 7) is 0. The second-order valence-corrected chi connectivity index (χ2v) is 2.62. The fraction of sp³-hybridized carbons (Fsp3) is 0.833. The average molecular weight is 142 g/mol. The first kappa shape index (κ1) is 7.48. The molecule has 0 unspecified atom stereocenters. The van der Waals surface area contributed by atoms with Gasteiger partial charge in [-0.3, -0.25) is 0 Å². The zero-order chi connectivity index (χ0) is 7.72. The summed E-state index contributed by atoms with van der Waals surface area (Å²) in [5.74, 6) is -0.495. The van der Waals surface area contributed by atoms with Crippen molar-refractivity contribution < 1.29 is 10.2 Å². The number of hydrogen-bond donors (Lipinski definition) is 3. The third kappa shape index (κ3) is 0.991. The smallest absolute Gasteiger partial charge is 0.0972 e. The van der Waals surface area contributed by atoms with Crippen LogP contribution in [0.25, 0.3) is 0 Å². The van der Waals surface area contributed by atoms with Crippen LogP contribution in [0.2, 0.25) is 0 Å². The predicted molar refractivity (Wildman–Crippen MR) is 33.7 cm³/mol. The third-order valence-corrected chi connectivity index (χ3v) is 1.89. The number of hydrogen-bond acceptors (Lipinski definition) is 4. The molecule has 0 radical (unpaired) electrons. The molecule has 1 fully saturated rings. The first-order valence-electron chi connectivity index (χ1n) is 3.18. The van der Waals surface area contributed by atoms with Crippen LogP contribution >= 0.6 is 0 Å². The van der Waals surface area contributed by atoms with Crippen LogP contribution in [0.1, 0.15) is 6.42 Å². The molecule has 4 N–H and O–H groups in total. The maximum absolute atomic E-state index is 9.08. The van der Waals surface area contributed by atoms with Crippen LogP contribution < -0.4 is 5.73 Å². The Kier molecular flexibility index (Phi) is 1.90. The minimum absolute atomic E-state index is 0.388. The Morgan fingerprint density at radius 3 is 2.20 bits per heavy atom. The number of aliphatic hydroxyl groups is 2. The van der Waals surface area contributed by atoms with Crippen LogP contribution in [0.15, 0.2) is 0 Å². The monoisotopic (exact) mass is 142 g/mol. The van der Waals surface area contributed by atoms with Crippen molar-refractivity contribution in [2.24, 2.45) is 11.7 Å². The van der Waals surface area contributed by atoms with E-state index in [0.717, 1.165) is 0 Å². The molecule has 4 heteroatoms. The van der Waals surface area contributed by atoms with Crippen LogP contribution in [-0.2, 0) is 0 Å². The molecular weight excluding hydrogens is 132 g/mol. The number of nitrogens with zero attached hydrogens (tertiary/aromatic N) is 1. The largest absolute Gasteiger partial charge is 0.389 e. The number of nitriles is 1. The van der Waals surface area contributed by atoms with Crippen molar-refractivity contribution >= 4 is 0 Å². The van der Waals surface area contributed by atoms with Crippen LogP contribution in [-0.4, -0.2) is 28.5 Å². The van der Waals surface area contributed by atoms with Gasteiger partial charge in [0.15, 0.2) is 0 Å². The summed E-state index contributed by atoms with van der Waals surface area (Å²) in [7, 11) is 0. The molecule has 10 heavy (non-hydrogen) atoms. The van der Waals surface area contributed by atoms with E-state index in [1.165, 1.54) is 0 Å². The Morgan fingerprint density at radius 1 is 1.40 bits per heavy atom. The van der Waals surface area contributed by atoms with Crippen molar-refractivity contribution in [2.45, 2.75) is 24.7 Å². The molecule has 0 aromatic heterocycles. The van der Waals surface area contributed by atoms with E-state index in [0.29, 0.717) is 6.42 Å². The van der Waals surface area contributed by atoms with Crippen molar-refractivity contribution in [3.8, 4) is 6.07 Å². The van der Waals surface area contributed by atoms with Crippen molar-refractivity contribution in [1.82, 2.24) is 0 Å². The van der Waals surface area contributed by atoms with Gasteiger partial charge in [-0.05, 0) is 6.42 Å². The van der Waals surface area contributed by atoms with Crippen molar-refractivity contribution in [3.05, 3.63) is 0 Å². The molecule has 0 saturated heterocycles. The van der Waals surface area contributed by atoms with Crippen LogP contribution in [0.3, 0.4) is 0 Å². The highest BCUT2D eigenvalue weighted by Crippen LogP contribution is 2.24. The second-order valence-electron chi connectivity index (χ2n) is 2.62. The molecule has 4 atom stereocenters. The van der Waals surface area contributed by atoms with E-state index in [1.54, 1.807) is 0 Å². The summed E-state index contributed by atoms with van der Waals surface area (Å²) in [5.41, 5.74) is 5.37. The molecule has 0 amide bonds. The first-order valence-corrected chi connectivity index (χ1v) is 3.18. The topological polar surface area (TPSA) is 90.3 Å². The molecule has 1 saturated carbocycles. The van der Waals surface area contributed by atoms with Gasteiger partial charge in [0.2, 0.25) is 0 Å². The molecule has 0 spiro atoms. The second kappa shape index (κ2) is 2.54. The summed E-state index contributed by atoms with van der Waals surface area (Å²) < 4.78 is 0. The lowest BCUT2D eigenvalue weighted by atomic mass is 10.1. The summed E-state index contributed by atoms with van der Waals surface area (Å²) in [6, 6.07) is 1.44. The van der Waals surface area contributed by atoms with Gasteiger partial charge in [-0.2, -0.15) is 5.26 Å². The lowest BCUT2D eigenvalue weighted by molar-refractivity contribution is 0.0250. The van der Waals surface area contributed by atoms with Crippen molar-refractivity contribution in [3.63, 3.8) is 0 Å². The van der Waals surface area contributed by atoms with E-state index < -0.39 is 24.2 Å². The molecule has 0 aromatic carbocycles. The Balaban J connectivity index is 2.64. The summed E-state index contributed by atoms with van der Waals surface area (Å²) in [4.78, 5) is 0. The van der Waals surface area contributed by atoms with Gasteiger partial charge in [0.25, 0.3) is 0 Å². The van der Waals surface area contributed by atoms with E-state index in [9.17, 15) is 0 Å². The SMILES string of the molecule is N#C[C@H]1C[C@@H](N)[C@H](O)[C@@H]1O. The first-order chi connectivity index (χ1) is 4.66. The van der Waals surface area contributed by atoms with E-state index in [2.05, 4.69) is 0 Å². The van der Waals surface area contributed by atoms with Crippen molar-refractivity contribution in [1.29, 1.82) is 5.26 Å². The van der Waals surface area contributed by atoms with Gasteiger partial charge in [-0.15, -0.1) is 0 Å². The van der Waals surface area contributed by atoms with Gasteiger partial charge in [0.05, 0.1) is 24.2 Å². The Morgan fingerprint density at radius 2 is 2.00 bits per heavy atom. The Labute approximate surface area is 58.9 Å². The summed E-state index contributed by atoms with van der Waals surface area (Å²) in [6.07, 6.45) is -1.50. The molecule has 1 aliphatic rings. The maximum Gasteiger partial charge on any atom is 0.0972 e. The van der Waals surface area contributed by atoms with Gasteiger partial charge in [0.1, 0.15) is 0 Å². The minimum atomic E-state index is -0.958. The fourth-order valence-electron chi connectivity index (χ4n) is 1.19. The lowest BCUT2D eigenvalue weighted by Gasteiger charge is -2.10. The number of rotatable bonds is 0. The zero-order valence-electron chi connectivity index (χ0n) is 5.44. The molecule has 0 aliphatic heterocycles. The van der Waals surface area contributed by atoms with Gasteiger partial charge >= 0.3 is 0 Å². The summed E-state index contributed by atoms with van der Waals surface area (Å²) >= 11 is 0. The zero-order valence-corrected chi connectivity index (χ0v) is 5.44. The molecular formula is C6H10N2O2. The molecule has 0 bridgehead atoms. The third-order valence-electron chi connectivity index (χ3n) is 1.89. The van der Waals surface area contributed by atoms with Crippen molar-refractivity contribution in [2.75, 3.05) is 0 Å². The standard InChI is InChI=1S/C6H10N2O2/c7-2-3-1-4(8)6(10)5(3)9/h3-6,9-10H,1,8H2/t3-,4-,5-,6+/m1/s1. The predicted octanol–water partition coefficient (Wildman–Crippen LogP) is -1.42. The van der Waals surface area contributed by atoms with Crippen LogP contribution in [0.4, 0.5) is 0 Å². The number of aliphatic hydroxyl groups excluding tert-OH is 2. The van der Waals surface area contributed by atoms with E-state index in [-0.39, 0.29) is 0 Å². The molecule has 1 rings (SSSR count). The molecule has 0 aromatic rings. The Hall–Kier alpha value is -0.630. The van der Waals surface area contributed by atoms with E-state index >= 15 is 0 Å². The van der Waals surface area contributed by atoms with Crippen LogP contribution in [0, 0.1) is 17.2 Å². The molecule has 0 heterocycles. The fourth-order valence-corrected chi connectivity index (χ4v) is 1.19. The van der Waals surface area contributed by atoms with E-state index in [1.807, 2.05) is 6.07 Å². The van der Waals surface area contributed by atoms with Gasteiger partial charge in [-0.25, -0.2) is 0 Å². The van der Waals surface area contributed by atoms with Gasteiger partial charge in [-0.1, -0.05) is 0 Å². The molecule has 4 nitrogen and oxygen atoms in total. The highest BCUT2D eigenvalue weighted by molar-refractivity contribution is 5.02. The molecule has 56 valence electrons. The maximum atomic E-state index is 9.08. The summed E-state index contributed by atoms with van der Waals surface area (Å²) in [5, 5.41) is 26.5. The highest BCUT2D eigenvalue weighted by Gasteiger charge is 2.39. The lowest BCUT2D eigenvalue weighted by Crippen LogP contribution is -2.35. The van der Waals surface area contributed by atoms with E-state index in [4.69, 9.17) is 21.2 Å². The van der Waals surface area contributed by atoms with Gasteiger partial charge in [0, 0.05) is 6.04 Å². The van der Waals surface area contributed by atoms with Crippen LogP contribution in [0.5, 0.6) is 0 Å². The average Bonchev–Trinajstić information content (AvgIpc) is 2.17. The number of nitrogens with two attached hydrogens (primary N) is 1. The molecule has 1 aliphatic carbocycles. The van der Waals surface area contributed by atoms with Gasteiger partial charge < -0.3 is 15.9 Å². The quantitative estimate of drug-likeness (QED) is 0.387. The highest BCUT2D eigenvalue weighted by atomic mass is 16.3.